The van der Waals surface area contributed by atoms with E-state index in [9.17, 15) is 4.79 Å². The number of hydrogen-bond donors (Lipinski definition) is 2. The van der Waals surface area contributed by atoms with Crippen molar-refractivity contribution in [1.82, 2.24) is 5.16 Å². The van der Waals surface area contributed by atoms with Gasteiger partial charge in [0.25, 0.3) is 5.91 Å². The quantitative estimate of drug-likeness (QED) is 0.822. The zero-order chi connectivity index (χ0) is 13.7. The highest BCUT2D eigenvalue weighted by Crippen LogP contribution is 2.23. The molecule has 96 valence electrons. The molecule has 0 bridgehead atoms. The van der Waals surface area contributed by atoms with Crippen LogP contribution in [0.15, 0.2) is 35.0 Å². The third-order valence-electron chi connectivity index (χ3n) is 2.19. The predicted molar refractivity (Wildman–Crippen MR) is 69.9 cm³/mol. The summed E-state index contributed by atoms with van der Waals surface area (Å²) in [6, 6.07) is 6.35. The molecule has 0 saturated heterocycles. The molecule has 0 saturated carbocycles. The van der Waals surface area contributed by atoms with Crippen LogP contribution in [-0.2, 0) is 0 Å². The summed E-state index contributed by atoms with van der Waals surface area (Å²) in [4.78, 5) is 11.8. The van der Waals surface area contributed by atoms with Gasteiger partial charge in [-0.2, -0.15) is 0 Å². The second kappa shape index (κ2) is 6.05. The predicted octanol–water partition coefficient (Wildman–Crippen LogP) is 1.92. The van der Waals surface area contributed by atoms with Crippen LogP contribution in [0.3, 0.4) is 0 Å². The fraction of sp³-hybridized carbons (Fsp3) is 0.0769. The Balaban J connectivity index is 2.22. The highest BCUT2D eigenvalue weighted by atomic mass is 35.5. The van der Waals surface area contributed by atoms with Crippen molar-refractivity contribution in [3.05, 3.63) is 46.8 Å². The fourth-order valence-corrected chi connectivity index (χ4v) is 1.52. The fourth-order valence-electron chi connectivity index (χ4n) is 1.36. The normalized spacial score (nSPS) is 9.58. The van der Waals surface area contributed by atoms with E-state index in [-0.39, 0.29) is 12.4 Å². The van der Waals surface area contributed by atoms with E-state index in [1.54, 1.807) is 18.2 Å². The molecular weight excluding hydrogens is 268 g/mol. The number of aliphatic hydroxyl groups excluding tert-OH is 1. The lowest BCUT2D eigenvalue weighted by atomic mass is 10.2. The molecule has 0 aliphatic rings. The van der Waals surface area contributed by atoms with Crippen molar-refractivity contribution in [2.24, 2.45) is 0 Å². The number of nitrogens with zero attached hydrogens (tertiary/aromatic N) is 1. The minimum Gasteiger partial charge on any atom is -0.384 e. The summed E-state index contributed by atoms with van der Waals surface area (Å²) < 4.78 is 4.74. The average Bonchev–Trinajstić information content (AvgIpc) is 2.93. The van der Waals surface area contributed by atoms with Crippen molar-refractivity contribution in [3.8, 4) is 11.8 Å². The summed E-state index contributed by atoms with van der Waals surface area (Å²) in [6.45, 7) is -0.234. The van der Waals surface area contributed by atoms with E-state index in [4.69, 9.17) is 21.2 Å². The third-order valence-corrected chi connectivity index (χ3v) is 2.52. The van der Waals surface area contributed by atoms with E-state index < -0.39 is 5.91 Å². The summed E-state index contributed by atoms with van der Waals surface area (Å²) in [5, 5.41) is 15.1. The van der Waals surface area contributed by atoms with Crippen molar-refractivity contribution in [2.45, 2.75) is 0 Å². The Morgan fingerprint density at radius 3 is 3.00 bits per heavy atom. The molecule has 2 N–H and O–H groups in total. The number of anilines is 1. The van der Waals surface area contributed by atoms with Crippen molar-refractivity contribution in [1.29, 1.82) is 0 Å². The lowest BCUT2D eigenvalue weighted by molar-refractivity contribution is 0.0988. The molecule has 1 heterocycles. The molecule has 5 nitrogen and oxygen atoms in total. The summed E-state index contributed by atoms with van der Waals surface area (Å²) in [5.41, 5.74) is 1.04. The maximum absolute atomic E-state index is 11.8. The van der Waals surface area contributed by atoms with Gasteiger partial charge in [-0.1, -0.05) is 28.6 Å². The van der Waals surface area contributed by atoms with Crippen LogP contribution in [0.1, 0.15) is 16.1 Å². The molecule has 1 amide bonds. The van der Waals surface area contributed by atoms with Crippen LogP contribution in [0.2, 0.25) is 5.02 Å². The standard InChI is InChI=1S/C13H9ClN2O3/c14-10-4-3-9(2-1-7-17)8-11(10)16-13(18)12-5-6-15-19-12/h3-6,8,17H,7H2,(H,16,18). The summed E-state index contributed by atoms with van der Waals surface area (Å²) >= 11 is 5.98. The molecule has 19 heavy (non-hydrogen) atoms. The number of rotatable bonds is 2. The van der Waals surface area contributed by atoms with E-state index in [0.717, 1.165) is 0 Å². The van der Waals surface area contributed by atoms with Crippen LogP contribution in [0, 0.1) is 11.8 Å². The van der Waals surface area contributed by atoms with Gasteiger partial charge in [0.05, 0.1) is 16.9 Å². The minimum absolute atomic E-state index is 0.0860. The molecule has 0 atom stereocenters. The smallest absolute Gasteiger partial charge is 0.294 e. The van der Waals surface area contributed by atoms with Gasteiger partial charge in [-0.3, -0.25) is 4.79 Å². The number of carbonyl (C=O) groups excluding carboxylic acids is 1. The Kier molecular flexibility index (Phi) is 4.18. The summed E-state index contributed by atoms with van der Waals surface area (Å²) in [7, 11) is 0. The van der Waals surface area contributed by atoms with E-state index in [2.05, 4.69) is 22.3 Å². The van der Waals surface area contributed by atoms with Gasteiger partial charge in [0.15, 0.2) is 0 Å². The molecule has 0 unspecified atom stereocenters. The Morgan fingerprint density at radius 2 is 2.32 bits per heavy atom. The molecule has 1 aromatic carbocycles. The van der Waals surface area contributed by atoms with Crippen molar-refractivity contribution in [3.63, 3.8) is 0 Å². The molecule has 2 aromatic rings. The van der Waals surface area contributed by atoms with E-state index >= 15 is 0 Å². The summed E-state index contributed by atoms with van der Waals surface area (Å²) in [6.07, 6.45) is 1.37. The van der Waals surface area contributed by atoms with Gasteiger partial charge in [0.2, 0.25) is 5.76 Å². The first-order valence-corrected chi connectivity index (χ1v) is 5.70. The molecule has 0 radical (unpaired) electrons. The molecule has 1 aromatic heterocycles. The number of aliphatic hydroxyl groups is 1. The number of carbonyl (C=O) groups is 1. The number of aromatic nitrogens is 1. The van der Waals surface area contributed by atoms with E-state index in [0.29, 0.717) is 16.3 Å². The molecule has 0 spiro atoms. The van der Waals surface area contributed by atoms with Gasteiger partial charge in [-0.05, 0) is 18.2 Å². The zero-order valence-electron chi connectivity index (χ0n) is 9.68. The van der Waals surface area contributed by atoms with Gasteiger partial charge in [-0.25, -0.2) is 0 Å². The highest BCUT2D eigenvalue weighted by molar-refractivity contribution is 6.33. The minimum atomic E-state index is -0.452. The molecule has 2 rings (SSSR count). The first-order chi connectivity index (χ1) is 9.20. The Labute approximate surface area is 114 Å². The topological polar surface area (TPSA) is 75.4 Å². The van der Waals surface area contributed by atoms with E-state index in [1.807, 2.05) is 0 Å². The van der Waals surface area contributed by atoms with Crippen LogP contribution < -0.4 is 5.32 Å². The molecular formula is C13H9ClN2O3. The van der Waals surface area contributed by atoms with Gasteiger partial charge in [-0.15, -0.1) is 0 Å². The zero-order valence-corrected chi connectivity index (χ0v) is 10.4. The second-order valence-corrected chi connectivity index (χ2v) is 3.89. The van der Waals surface area contributed by atoms with Crippen LogP contribution in [0.4, 0.5) is 5.69 Å². The number of benzene rings is 1. The van der Waals surface area contributed by atoms with Gasteiger partial charge < -0.3 is 14.9 Å². The number of amides is 1. The number of hydrogen-bond acceptors (Lipinski definition) is 4. The first-order valence-electron chi connectivity index (χ1n) is 5.32. The second-order valence-electron chi connectivity index (χ2n) is 3.49. The monoisotopic (exact) mass is 276 g/mol. The number of nitrogens with one attached hydrogen (secondary N) is 1. The van der Waals surface area contributed by atoms with E-state index in [1.165, 1.54) is 12.3 Å². The Hall–Kier alpha value is -2.29. The first kappa shape index (κ1) is 13.1. The van der Waals surface area contributed by atoms with Crippen LogP contribution in [-0.4, -0.2) is 22.8 Å². The largest absolute Gasteiger partial charge is 0.384 e. The average molecular weight is 277 g/mol. The Morgan fingerprint density at radius 1 is 1.47 bits per heavy atom. The van der Waals surface area contributed by atoms with Crippen molar-refractivity contribution in [2.75, 3.05) is 11.9 Å². The van der Waals surface area contributed by atoms with Crippen LogP contribution in [0.25, 0.3) is 0 Å². The van der Waals surface area contributed by atoms with Crippen molar-refractivity contribution < 1.29 is 14.4 Å². The van der Waals surface area contributed by atoms with Crippen molar-refractivity contribution >= 4 is 23.2 Å². The third kappa shape index (κ3) is 3.35. The summed E-state index contributed by atoms with van der Waals surface area (Å²) in [5.74, 6) is 4.87. The lowest BCUT2D eigenvalue weighted by Gasteiger charge is -2.05. The highest BCUT2D eigenvalue weighted by Gasteiger charge is 2.11. The van der Waals surface area contributed by atoms with Gasteiger partial charge >= 0.3 is 0 Å². The maximum atomic E-state index is 11.8. The van der Waals surface area contributed by atoms with Gasteiger partial charge in [0.1, 0.15) is 6.61 Å². The lowest BCUT2D eigenvalue weighted by Crippen LogP contribution is -2.11. The molecule has 0 aliphatic carbocycles. The maximum Gasteiger partial charge on any atom is 0.294 e. The Bertz CT molecular complexity index is 642. The SMILES string of the molecule is O=C(Nc1cc(C#CCO)ccc1Cl)c1ccno1. The number of halogens is 1. The molecule has 0 fully saturated rings. The van der Waals surface area contributed by atoms with Crippen LogP contribution >= 0.6 is 11.6 Å². The molecule has 0 aliphatic heterocycles. The van der Waals surface area contributed by atoms with Gasteiger partial charge in [0, 0.05) is 11.6 Å². The molecule has 6 heteroatoms. The van der Waals surface area contributed by atoms with Crippen LogP contribution in [0.5, 0.6) is 0 Å².